The Morgan fingerprint density at radius 1 is 1.53 bits per heavy atom. The van der Waals surface area contributed by atoms with Gasteiger partial charge in [0.2, 0.25) is 5.91 Å². The molecule has 0 saturated carbocycles. The molecule has 5 nitrogen and oxygen atoms in total. The van der Waals surface area contributed by atoms with E-state index in [-0.39, 0.29) is 5.91 Å². The minimum Gasteiger partial charge on any atom is -0.360 e. The Hall–Kier alpha value is -2.06. The molecule has 0 radical (unpaired) electrons. The summed E-state index contributed by atoms with van der Waals surface area (Å²) in [5.41, 5.74) is 7.73. The molecule has 1 aliphatic rings. The summed E-state index contributed by atoms with van der Waals surface area (Å²) in [5, 5.41) is 11.7. The zero-order valence-corrected chi connectivity index (χ0v) is 9.44. The van der Waals surface area contributed by atoms with Crippen LogP contribution in [0.5, 0.6) is 0 Å². The van der Waals surface area contributed by atoms with Crippen molar-refractivity contribution in [2.24, 2.45) is 5.73 Å². The highest BCUT2D eigenvalue weighted by Gasteiger charge is 2.21. The molecular weight excluding hydrogens is 216 g/mol. The summed E-state index contributed by atoms with van der Waals surface area (Å²) in [6.45, 7) is 1.64. The number of nitrogens with two attached hydrogens (primary N) is 1. The minimum absolute atomic E-state index is 0.0285. The minimum atomic E-state index is -0.0285. The van der Waals surface area contributed by atoms with E-state index in [0.717, 1.165) is 24.3 Å². The van der Waals surface area contributed by atoms with E-state index in [1.807, 2.05) is 4.90 Å². The summed E-state index contributed by atoms with van der Waals surface area (Å²) in [5.74, 6) is -0.0285. The van der Waals surface area contributed by atoms with E-state index >= 15 is 0 Å². The van der Waals surface area contributed by atoms with Crippen molar-refractivity contribution in [1.29, 1.82) is 5.26 Å². The van der Waals surface area contributed by atoms with Gasteiger partial charge in [-0.15, -0.1) is 0 Å². The first-order valence-electron chi connectivity index (χ1n) is 5.53. The molecule has 2 rings (SSSR count). The van der Waals surface area contributed by atoms with E-state index in [1.165, 1.54) is 0 Å². The van der Waals surface area contributed by atoms with Crippen LogP contribution in [0.25, 0.3) is 0 Å². The third-order valence-corrected chi connectivity index (χ3v) is 2.71. The van der Waals surface area contributed by atoms with Crippen molar-refractivity contribution in [2.45, 2.75) is 6.42 Å². The van der Waals surface area contributed by atoms with E-state index in [2.05, 4.69) is 11.4 Å². The maximum atomic E-state index is 11.5. The number of rotatable bonds is 3. The number of nitriles is 1. The van der Waals surface area contributed by atoms with Crippen molar-refractivity contribution in [2.75, 3.05) is 29.9 Å². The van der Waals surface area contributed by atoms with Gasteiger partial charge >= 0.3 is 0 Å². The largest absolute Gasteiger partial charge is 0.360 e. The fraction of sp³-hybridized carbons (Fsp3) is 0.333. The Morgan fingerprint density at radius 3 is 3.06 bits per heavy atom. The van der Waals surface area contributed by atoms with Gasteiger partial charge in [-0.2, -0.15) is 5.26 Å². The Labute approximate surface area is 99.8 Å². The van der Waals surface area contributed by atoms with Crippen LogP contribution >= 0.6 is 0 Å². The summed E-state index contributed by atoms with van der Waals surface area (Å²) < 4.78 is 0. The SMILES string of the molecule is N#Cc1ccc2c(c1)N(CCCN)CC(=O)N2. The Kier molecular flexibility index (Phi) is 3.26. The predicted octanol–water partition coefficient (Wildman–Crippen LogP) is 0.666. The highest BCUT2D eigenvalue weighted by molar-refractivity contribution is 6.01. The van der Waals surface area contributed by atoms with Crippen LogP contribution in [0.3, 0.4) is 0 Å². The number of nitrogens with one attached hydrogen (secondary N) is 1. The lowest BCUT2D eigenvalue weighted by molar-refractivity contribution is -0.115. The van der Waals surface area contributed by atoms with Gasteiger partial charge in [0.1, 0.15) is 0 Å². The molecule has 0 atom stereocenters. The quantitative estimate of drug-likeness (QED) is 0.799. The van der Waals surface area contributed by atoms with E-state index in [0.29, 0.717) is 18.7 Å². The highest BCUT2D eigenvalue weighted by atomic mass is 16.2. The second kappa shape index (κ2) is 4.85. The fourth-order valence-electron chi connectivity index (χ4n) is 1.90. The molecule has 0 unspecified atom stereocenters. The molecule has 5 heteroatoms. The van der Waals surface area contributed by atoms with Crippen molar-refractivity contribution >= 4 is 17.3 Å². The molecule has 1 amide bonds. The molecule has 3 N–H and O–H groups in total. The lowest BCUT2D eigenvalue weighted by Gasteiger charge is -2.30. The molecule has 0 bridgehead atoms. The van der Waals surface area contributed by atoms with Crippen LogP contribution in [-0.4, -0.2) is 25.5 Å². The first-order valence-corrected chi connectivity index (χ1v) is 5.53. The topological polar surface area (TPSA) is 82.2 Å². The van der Waals surface area contributed by atoms with Crippen LogP contribution in [0.1, 0.15) is 12.0 Å². The maximum absolute atomic E-state index is 11.5. The molecule has 0 saturated heterocycles. The van der Waals surface area contributed by atoms with Crippen LogP contribution < -0.4 is 16.0 Å². The van der Waals surface area contributed by atoms with Gasteiger partial charge in [-0.3, -0.25) is 4.79 Å². The smallest absolute Gasteiger partial charge is 0.243 e. The lowest BCUT2D eigenvalue weighted by atomic mass is 10.1. The van der Waals surface area contributed by atoms with Crippen molar-refractivity contribution in [3.63, 3.8) is 0 Å². The van der Waals surface area contributed by atoms with Crippen LogP contribution in [0.4, 0.5) is 11.4 Å². The molecular formula is C12H14N4O. The average Bonchev–Trinajstić information content (AvgIpc) is 2.35. The number of nitrogens with zero attached hydrogens (tertiary/aromatic N) is 2. The van der Waals surface area contributed by atoms with Gasteiger partial charge in [0, 0.05) is 6.54 Å². The van der Waals surface area contributed by atoms with E-state index in [4.69, 9.17) is 11.0 Å². The van der Waals surface area contributed by atoms with E-state index < -0.39 is 0 Å². The number of benzene rings is 1. The Bertz CT molecular complexity index is 478. The maximum Gasteiger partial charge on any atom is 0.243 e. The Balaban J connectivity index is 2.32. The molecule has 1 aromatic carbocycles. The normalized spacial score (nSPS) is 13.9. The van der Waals surface area contributed by atoms with Gasteiger partial charge in [-0.25, -0.2) is 0 Å². The van der Waals surface area contributed by atoms with E-state index in [9.17, 15) is 4.79 Å². The van der Waals surface area contributed by atoms with Crippen LogP contribution in [0.2, 0.25) is 0 Å². The number of carbonyl (C=O) groups excluding carboxylic acids is 1. The Morgan fingerprint density at radius 2 is 2.35 bits per heavy atom. The van der Waals surface area contributed by atoms with Crippen molar-refractivity contribution in [3.8, 4) is 6.07 Å². The monoisotopic (exact) mass is 230 g/mol. The van der Waals surface area contributed by atoms with Crippen LogP contribution in [-0.2, 0) is 4.79 Å². The molecule has 1 aromatic rings. The molecule has 0 fully saturated rings. The molecule has 0 spiro atoms. The first-order chi connectivity index (χ1) is 8.24. The number of anilines is 2. The summed E-state index contributed by atoms with van der Waals surface area (Å²) in [6.07, 6.45) is 0.823. The predicted molar refractivity (Wildman–Crippen MR) is 65.7 cm³/mol. The number of hydrogen-bond acceptors (Lipinski definition) is 4. The van der Waals surface area contributed by atoms with Crippen LogP contribution in [0, 0.1) is 11.3 Å². The van der Waals surface area contributed by atoms with Crippen molar-refractivity contribution in [3.05, 3.63) is 23.8 Å². The third-order valence-electron chi connectivity index (χ3n) is 2.71. The summed E-state index contributed by atoms with van der Waals surface area (Å²) in [6, 6.07) is 7.36. The molecule has 88 valence electrons. The summed E-state index contributed by atoms with van der Waals surface area (Å²) in [4.78, 5) is 13.5. The summed E-state index contributed by atoms with van der Waals surface area (Å²) in [7, 11) is 0. The van der Waals surface area contributed by atoms with Gasteiger partial charge in [0.25, 0.3) is 0 Å². The van der Waals surface area contributed by atoms with Gasteiger partial charge in [0.05, 0.1) is 29.6 Å². The molecule has 0 aliphatic carbocycles. The molecule has 1 aliphatic heterocycles. The van der Waals surface area contributed by atoms with Crippen molar-refractivity contribution in [1.82, 2.24) is 0 Å². The second-order valence-electron chi connectivity index (χ2n) is 3.96. The average molecular weight is 230 g/mol. The highest BCUT2D eigenvalue weighted by Crippen LogP contribution is 2.30. The summed E-state index contributed by atoms with van der Waals surface area (Å²) >= 11 is 0. The molecule has 17 heavy (non-hydrogen) atoms. The number of hydrogen-bond donors (Lipinski definition) is 2. The third kappa shape index (κ3) is 2.37. The van der Waals surface area contributed by atoms with Gasteiger partial charge in [-0.05, 0) is 31.2 Å². The second-order valence-corrected chi connectivity index (χ2v) is 3.96. The fourth-order valence-corrected chi connectivity index (χ4v) is 1.90. The van der Waals surface area contributed by atoms with Gasteiger partial charge < -0.3 is 16.0 Å². The lowest BCUT2D eigenvalue weighted by Crippen LogP contribution is -2.39. The zero-order chi connectivity index (χ0) is 12.3. The first kappa shape index (κ1) is 11.4. The van der Waals surface area contributed by atoms with Gasteiger partial charge in [0.15, 0.2) is 0 Å². The van der Waals surface area contributed by atoms with Crippen molar-refractivity contribution < 1.29 is 4.79 Å². The number of fused-ring (bicyclic) bond motifs is 1. The van der Waals surface area contributed by atoms with Gasteiger partial charge in [-0.1, -0.05) is 0 Å². The molecule has 1 heterocycles. The zero-order valence-electron chi connectivity index (χ0n) is 9.44. The number of amides is 1. The molecule has 0 aromatic heterocycles. The van der Waals surface area contributed by atoms with Crippen LogP contribution in [0.15, 0.2) is 18.2 Å². The standard InChI is InChI=1S/C12H14N4O/c13-4-1-5-16-8-12(17)15-10-3-2-9(7-14)6-11(10)16/h2-3,6H,1,4-5,8,13H2,(H,15,17). The van der Waals surface area contributed by atoms with E-state index in [1.54, 1.807) is 18.2 Å². The number of carbonyl (C=O) groups is 1.